The van der Waals surface area contributed by atoms with Crippen LogP contribution in [0.4, 0.5) is 13.2 Å². The van der Waals surface area contributed by atoms with E-state index in [4.69, 9.17) is 25.6 Å². The van der Waals surface area contributed by atoms with Crippen molar-refractivity contribution in [3.05, 3.63) is 99.8 Å². The second-order valence-electron chi connectivity index (χ2n) is 8.94. The van der Waals surface area contributed by atoms with E-state index in [9.17, 15) is 18.0 Å². The number of hydrogen-bond acceptors (Lipinski definition) is 6. The molecule has 10 heteroatoms. The van der Waals surface area contributed by atoms with Gasteiger partial charge in [0.15, 0.2) is 0 Å². The zero-order valence-corrected chi connectivity index (χ0v) is 21.8. The molecule has 4 aromatic rings. The van der Waals surface area contributed by atoms with Gasteiger partial charge in [-0.3, -0.25) is 0 Å². The van der Waals surface area contributed by atoms with E-state index < -0.39 is 12.3 Å². The van der Waals surface area contributed by atoms with Gasteiger partial charge in [-0.15, -0.1) is 13.2 Å². The number of hydrogen-bond donors (Lipinski definition) is 0. The standard InChI is InChI=1S/C30H21ClF3NO5/c1-37-29(36)21-6-4-5-18(15-21)9-10-19-13-14-22(16-25(19)31)38-17-24-27(35-40-28(24)20-11-12-20)23-7-2-3-8-26(23)39-30(32,33)34/h2-8,13-16,20H,11-12,17H2,1H3. The van der Waals surface area contributed by atoms with Crippen molar-refractivity contribution in [2.24, 2.45) is 0 Å². The van der Waals surface area contributed by atoms with E-state index >= 15 is 0 Å². The Morgan fingerprint density at radius 2 is 1.88 bits per heavy atom. The van der Waals surface area contributed by atoms with Crippen molar-refractivity contribution in [3.63, 3.8) is 0 Å². The lowest BCUT2D eigenvalue weighted by Crippen LogP contribution is -2.17. The Balaban J connectivity index is 1.36. The maximum atomic E-state index is 13.0. The number of methoxy groups -OCH3 is 1. The van der Waals surface area contributed by atoms with Crippen LogP contribution in [-0.2, 0) is 11.3 Å². The third-order valence-electron chi connectivity index (χ3n) is 6.08. The number of rotatable bonds is 7. The topological polar surface area (TPSA) is 70.8 Å². The van der Waals surface area contributed by atoms with Crippen LogP contribution in [0.25, 0.3) is 11.3 Å². The molecule has 1 aliphatic rings. The van der Waals surface area contributed by atoms with Crippen LogP contribution in [0.3, 0.4) is 0 Å². The lowest BCUT2D eigenvalue weighted by atomic mass is 10.0. The molecule has 0 radical (unpaired) electrons. The van der Waals surface area contributed by atoms with Crippen molar-refractivity contribution in [2.75, 3.05) is 7.11 Å². The number of aromatic nitrogens is 1. The van der Waals surface area contributed by atoms with Crippen molar-refractivity contribution >= 4 is 17.6 Å². The number of nitrogens with zero attached hydrogens (tertiary/aromatic N) is 1. The van der Waals surface area contributed by atoms with Gasteiger partial charge in [-0.25, -0.2) is 4.79 Å². The summed E-state index contributed by atoms with van der Waals surface area (Å²) in [5.74, 6) is 6.26. The summed E-state index contributed by atoms with van der Waals surface area (Å²) in [7, 11) is 1.31. The van der Waals surface area contributed by atoms with Crippen LogP contribution in [0.2, 0.25) is 5.02 Å². The van der Waals surface area contributed by atoms with Crippen LogP contribution in [-0.4, -0.2) is 24.6 Å². The van der Waals surface area contributed by atoms with Crippen molar-refractivity contribution < 1.29 is 36.7 Å². The minimum absolute atomic E-state index is 0.00725. The van der Waals surface area contributed by atoms with E-state index in [1.807, 2.05) is 0 Å². The van der Waals surface area contributed by atoms with E-state index in [0.29, 0.717) is 38.8 Å². The minimum Gasteiger partial charge on any atom is -0.489 e. The summed E-state index contributed by atoms with van der Waals surface area (Å²) in [4.78, 5) is 11.7. The molecular weight excluding hydrogens is 547 g/mol. The number of carbonyl (C=O) groups is 1. The van der Waals surface area contributed by atoms with Gasteiger partial charge in [-0.05, 0) is 55.3 Å². The Hall–Kier alpha value is -4.42. The molecule has 0 bridgehead atoms. The average molecular weight is 568 g/mol. The summed E-state index contributed by atoms with van der Waals surface area (Å²) in [5.41, 5.74) is 2.46. The fourth-order valence-electron chi connectivity index (χ4n) is 4.04. The predicted octanol–water partition coefficient (Wildman–Crippen LogP) is 7.54. The van der Waals surface area contributed by atoms with Crippen molar-refractivity contribution in [2.45, 2.75) is 31.7 Å². The predicted molar refractivity (Wildman–Crippen MR) is 140 cm³/mol. The molecule has 1 aliphatic carbocycles. The third kappa shape index (κ3) is 6.41. The minimum atomic E-state index is -4.86. The van der Waals surface area contributed by atoms with Crippen molar-refractivity contribution in [3.8, 4) is 34.6 Å². The smallest absolute Gasteiger partial charge is 0.489 e. The Kier molecular flexibility index (Phi) is 7.71. The third-order valence-corrected chi connectivity index (χ3v) is 6.40. The zero-order valence-electron chi connectivity index (χ0n) is 21.0. The summed E-state index contributed by atoms with van der Waals surface area (Å²) < 4.78 is 59.5. The summed E-state index contributed by atoms with van der Waals surface area (Å²) in [5, 5.41) is 4.42. The average Bonchev–Trinajstić information content (AvgIpc) is 3.69. The second-order valence-corrected chi connectivity index (χ2v) is 9.35. The number of para-hydroxylation sites is 1. The molecule has 5 rings (SSSR count). The van der Waals surface area contributed by atoms with E-state index in [1.165, 1.54) is 25.3 Å². The van der Waals surface area contributed by atoms with Crippen LogP contribution in [0.5, 0.6) is 11.5 Å². The van der Waals surface area contributed by atoms with Crippen LogP contribution in [0, 0.1) is 11.8 Å². The lowest BCUT2D eigenvalue weighted by Gasteiger charge is -2.13. The van der Waals surface area contributed by atoms with E-state index in [1.54, 1.807) is 48.5 Å². The molecule has 40 heavy (non-hydrogen) atoms. The monoisotopic (exact) mass is 567 g/mol. The summed E-state index contributed by atoms with van der Waals surface area (Å²) >= 11 is 6.45. The molecule has 0 unspecified atom stereocenters. The van der Waals surface area contributed by atoms with Gasteiger partial charge in [-0.1, -0.05) is 46.8 Å². The molecule has 6 nitrogen and oxygen atoms in total. The Morgan fingerprint density at radius 3 is 2.60 bits per heavy atom. The first-order chi connectivity index (χ1) is 19.2. The van der Waals surface area contributed by atoms with Gasteiger partial charge < -0.3 is 18.7 Å². The number of alkyl halides is 3. The number of carbonyl (C=O) groups excluding carboxylic acids is 1. The molecule has 0 amide bonds. The van der Waals surface area contributed by atoms with Crippen LogP contribution in [0.1, 0.15) is 51.6 Å². The van der Waals surface area contributed by atoms with Gasteiger partial charge >= 0.3 is 12.3 Å². The molecule has 0 atom stereocenters. The fourth-order valence-corrected chi connectivity index (χ4v) is 4.26. The van der Waals surface area contributed by atoms with E-state index in [2.05, 4.69) is 21.7 Å². The maximum Gasteiger partial charge on any atom is 0.573 e. The first-order valence-corrected chi connectivity index (χ1v) is 12.6. The fraction of sp³-hybridized carbons (Fsp3) is 0.200. The highest BCUT2D eigenvalue weighted by atomic mass is 35.5. The first-order valence-electron chi connectivity index (χ1n) is 12.2. The molecule has 0 N–H and O–H groups in total. The molecule has 3 aromatic carbocycles. The highest BCUT2D eigenvalue weighted by Crippen LogP contribution is 2.45. The molecule has 0 spiro atoms. The van der Waals surface area contributed by atoms with E-state index in [-0.39, 0.29) is 29.5 Å². The van der Waals surface area contributed by atoms with Gasteiger partial charge in [0, 0.05) is 28.7 Å². The Bertz CT molecular complexity index is 1620. The Labute approximate surface area is 232 Å². The van der Waals surface area contributed by atoms with Crippen LogP contribution < -0.4 is 9.47 Å². The van der Waals surface area contributed by atoms with Crippen LogP contribution in [0.15, 0.2) is 71.3 Å². The van der Waals surface area contributed by atoms with Crippen molar-refractivity contribution in [1.29, 1.82) is 0 Å². The Morgan fingerprint density at radius 1 is 1.07 bits per heavy atom. The largest absolute Gasteiger partial charge is 0.573 e. The number of esters is 1. The molecule has 1 heterocycles. The molecule has 204 valence electrons. The summed E-state index contributed by atoms with van der Waals surface area (Å²) in [6.45, 7) is -0.00725. The summed E-state index contributed by atoms with van der Waals surface area (Å²) in [6, 6.07) is 17.5. The molecule has 1 aromatic heterocycles. The second kappa shape index (κ2) is 11.4. The maximum absolute atomic E-state index is 13.0. The lowest BCUT2D eigenvalue weighted by molar-refractivity contribution is -0.274. The molecular formula is C30H21ClF3NO5. The quantitative estimate of drug-likeness (QED) is 0.170. The number of halogens is 4. The summed E-state index contributed by atoms with van der Waals surface area (Å²) in [6.07, 6.45) is -3.07. The van der Waals surface area contributed by atoms with Gasteiger partial charge in [-0.2, -0.15) is 0 Å². The van der Waals surface area contributed by atoms with Gasteiger partial charge in [0.1, 0.15) is 29.6 Å². The van der Waals surface area contributed by atoms with Gasteiger partial charge in [0.25, 0.3) is 0 Å². The molecule has 0 saturated heterocycles. The normalized spacial score (nSPS) is 12.8. The zero-order chi connectivity index (χ0) is 28.3. The first kappa shape index (κ1) is 27.2. The molecule has 1 saturated carbocycles. The highest BCUT2D eigenvalue weighted by molar-refractivity contribution is 6.31. The number of ether oxygens (including phenoxy) is 3. The number of benzene rings is 3. The SMILES string of the molecule is COC(=O)c1cccc(C#Cc2ccc(OCc3c(-c4ccccc4OC(F)(F)F)noc3C3CC3)cc2Cl)c1. The highest BCUT2D eigenvalue weighted by Gasteiger charge is 2.35. The van der Waals surface area contributed by atoms with Gasteiger partial charge in [0.05, 0.1) is 23.3 Å². The van der Waals surface area contributed by atoms with E-state index in [0.717, 1.165) is 12.8 Å². The molecule has 0 aliphatic heterocycles. The molecule has 1 fully saturated rings. The van der Waals surface area contributed by atoms with Gasteiger partial charge in [0.2, 0.25) is 0 Å². The van der Waals surface area contributed by atoms with Crippen molar-refractivity contribution in [1.82, 2.24) is 5.16 Å². The van der Waals surface area contributed by atoms with Crippen LogP contribution >= 0.6 is 11.6 Å².